The lowest BCUT2D eigenvalue weighted by Gasteiger charge is -2.25. The predicted molar refractivity (Wildman–Crippen MR) is 62.9 cm³/mol. The van der Waals surface area contributed by atoms with Crippen molar-refractivity contribution in [1.82, 2.24) is 9.80 Å². The van der Waals surface area contributed by atoms with Crippen molar-refractivity contribution in [2.75, 3.05) is 33.4 Å². The molecule has 0 aromatic carbocycles. The van der Waals surface area contributed by atoms with Crippen molar-refractivity contribution >= 4 is 0 Å². The van der Waals surface area contributed by atoms with Gasteiger partial charge in [-0.1, -0.05) is 0 Å². The normalized spacial score (nSPS) is 31.1. The van der Waals surface area contributed by atoms with E-state index in [-0.39, 0.29) is 11.9 Å². The van der Waals surface area contributed by atoms with Gasteiger partial charge in [-0.25, -0.2) is 0 Å². The molecule has 0 radical (unpaired) electrons. The Morgan fingerprint density at radius 2 is 2.39 bits per heavy atom. The third kappa shape index (κ3) is 2.40. The predicted octanol–water partition coefficient (Wildman–Crippen LogP) is 1.03. The molecule has 2 rings (SSSR count). The fourth-order valence-electron chi connectivity index (χ4n) is 2.64. The number of nitro groups is 1. The molecular weight excluding hydrogens is 241 g/mol. The largest absolute Gasteiger partial charge is 0.460 e. The molecule has 2 atom stereocenters. The molecule has 0 amide bonds. The average Bonchev–Trinajstić information content (AvgIpc) is 2.88. The number of hydrogen-bond acceptors (Lipinski definition) is 5. The highest BCUT2D eigenvalue weighted by atomic mass is 19.1. The van der Waals surface area contributed by atoms with E-state index in [1.54, 1.807) is 16.8 Å². The van der Waals surface area contributed by atoms with Crippen LogP contribution in [-0.2, 0) is 4.74 Å². The van der Waals surface area contributed by atoms with Crippen molar-refractivity contribution < 1.29 is 14.1 Å². The standard InChI is InChI=1S/C11H18FN3O3/c1-8-5-13(2)11(10(12)15(16)17)14(8)6-9-3-4-18-7-9/h8-9H,3-7H2,1-2H3. The smallest absolute Gasteiger partial charge is 0.381 e. The van der Waals surface area contributed by atoms with Crippen molar-refractivity contribution in [2.45, 2.75) is 19.4 Å². The van der Waals surface area contributed by atoms with E-state index in [2.05, 4.69) is 0 Å². The lowest BCUT2D eigenvalue weighted by atomic mass is 10.1. The molecule has 0 aromatic heterocycles. The Kier molecular flexibility index (Phi) is 3.70. The molecule has 2 unspecified atom stereocenters. The van der Waals surface area contributed by atoms with Crippen LogP contribution in [-0.4, -0.2) is 54.1 Å². The van der Waals surface area contributed by atoms with Crippen LogP contribution in [0.2, 0.25) is 0 Å². The molecule has 2 aliphatic rings. The number of nitrogens with zero attached hydrogens (tertiary/aromatic N) is 3. The Balaban J connectivity index is 2.18. The second-order valence-corrected chi connectivity index (χ2v) is 4.98. The zero-order valence-electron chi connectivity index (χ0n) is 10.6. The molecule has 2 aliphatic heterocycles. The number of ether oxygens (including phenoxy) is 1. The molecule has 7 heteroatoms. The molecule has 0 N–H and O–H groups in total. The van der Waals surface area contributed by atoms with E-state index in [4.69, 9.17) is 4.74 Å². The molecule has 0 spiro atoms. The van der Waals surface area contributed by atoms with E-state index < -0.39 is 10.9 Å². The summed E-state index contributed by atoms with van der Waals surface area (Å²) in [6.07, 6.45) is 0.931. The number of rotatable bonds is 3. The lowest BCUT2D eigenvalue weighted by molar-refractivity contribution is -0.450. The Labute approximate surface area is 105 Å². The molecule has 2 fully saturated rings. The van der Waals surface area contributed by atoms with E-state index in [0.29, 0.717) is 25.6 Å². The summed E-state index contributed by atoms with van der Waals surface area (Å²) in [7, 11) is 1.68. The molecule has 0 aromatic rings. The van der Waals surface area contributed by atoms with Crippen molar-refractivity contribution in [1.29, 1.82) is 0 Å². The number of halogens is 1. The molecular formula is C11H18FN3O3. The highest BCUT2D eigenvalue weighted by Crippen LogP contribution is 2.28. The molecule has 0 bridgehead atoms. The average molecular weight is 259 g/mol. The van der Waals surface area contributed by atoms with Crippen LogP contribution in [0.25, 0.3) is 0 Å². The number of hydrogen-bond donors (Lipinski definition) is 0. The quantitative estimate of drug-likeness (QED) is 0.430. The highest BCUT2D eigenvalue weighted by molar-refractivity contribution is 5.08. The Bertz CT molecular complexity index is 369. The summed E-state index contributed by atoms with van der Waals surface area (Å²) in [6, 6.07) is 0.0799. The van der Waals surface area contributed by atoms with E-state index >= 15 is 0 Å². The maximum absolute atomic E-state index is 13.6. The molecule has 6 nitrogen and oxygen atoms in total. The van der Waals surface area contributed by atoms with E-state index in [1.807, 2.05) is 6.92 Å². The van der Waals surface area contributed by atoms with Gasteiger partial charge in [0.2, 0.25) is 5.82 Å². The second kappa shape index (κ2) is 5.09. The molecule has 2 heterocycles. The van der Waals surface area contributed by atoms with Crippen LogP contribution in [0, 0.1) is 16.0 Å². The van der Waals surface area contributed by atoms with Crippen molar-refractivity contribution in [3.05, 3.63) is 21.9 Å². The van der Waals surface area contributed by atoms with Gasteiger partial charge >= 0.3 is 5.95 Å². The van der Waals surface area contributed by atoms with Crippen LogP contribution in [0.4, 0.5) is 4.39 Å². The third-order valence-corrected chi connectivity index (χ3v) is 3.53. The number of likely N-dealkylation sites (N-methyl/N-ethyl adjacent to an activating group) is 1. The summed E-state index contributed by atoms with van der Waals surface area (Å²) in [5.41, 5.74) is 0. The first kappa shape index (κ1) is 13.1. The first-order valence-corrected chi connectivity index (χ1v) is 6.10. The van der Waals surface area contributed by atoms with Crippen LogP contribution < -0.4 is 0 Å². The molecule has 0 saturated carbocycles. The second-order valence-electron chi connectivity index (χ2n) is 4.98. The van der Waals surface area contributed by atoms with Gasteiger partial charge in [-0.05, 0) is 13.3 Å². The molecule has 18 heavy (non-hydrogen) atoms. The SMILES string of the molecule is CC1CN(C)C(=C(F)[N+](=O)[O-])N1CC1CCOC1. The van der Waals surface area contributed by atoms with Gasteiger partial charge in [0.1, 0.15) is 0 Å². The monoisotopic (exact) mass is 259 g/mol. The minimum atomic E-state index is -1.26. The van der Waals surface area contributed by atoms with Crippen LogP contribution in [0.15, 0.2) is 11.8 Å². The molecule has 102 valence electrons. The van der Waals surface area contributed by atoms with Crippen LogP contribution in [0.5, 0.6) is 0 Å². The van der Waals surface area contributed by atoms with Gasteiger partial charge in [0.05, 0.1) is 11.5 Å². The first-order chi connectivity index (χ1) is 8.50. The minimum absolute atomic E-state index is 0.0799. The summed E-state index contributed by atoms with van der Waals surface area (Å²) >= 11 is 0. The summed E-state index contributed by atoms with van der Waals surface area (Å²) in [5, 5.41) is 10.6. The first-order valence-electron chi connectivity index (χ1n) is 6.10. The fraction of sp³-hybridized carbons (Fsp3) is 0.818. The lowest BCUT2D eigenvalue weighted by Crippen LogP contribution is -2.33. The molecule has 2 saturated heterocycles. The fourth-order valence-corrected chi connectivity index (χ4v) is 2.64. The van der Waals surface area contributed by atoms with Gasteiger partial charge in [-0.3, -0.25) is 10.1 Å². The minimum Gasteiger partial charge on any atom is -0.381 e. The van der Waals surface area contributed by atoms with Crippen molar-refractivity contribution in [2.24, 2.45) is 5.92 Å². The van der Waals surface area contributed by atoms with E-state index in [1.165, 1.54) is 0 Å². The van der Waals surface area contributed by atoms with Gasteiger partial charge in [-0.2, -0.15) is 0 Å². The summed E-state index contributed by atoms with van der Waals surface area (Å²) in [5.74, 6) is -0.839. The Morgan fingerprint density at radius 3 is 2.94 bits per heavy atom. The summed E-state index contributed by atoms with van der Waals surface area (Å²) < 4.78 is 18.9. The van der Waals surface area contributed by atoms with E-state index in [9.17, 15) is 14.5 Å². The molecule has 0 aliphatic carbocycles. The summed E-state index contributed by atoms with van der Waals surface area (Å²) in [4.78, 5) is 13.1. The Hall–Kier alpha value is -1.37. The van der Waals surface area contributed by atoms with Crippen LogP contribution in [0.3, 0.4) is 0 Å². The van der Waals surface area contributed by atoms with Crippen LogP contribution >= 0.6 is 0 Å². The highest BCUT2D eigenvalue weighted by Gasteiger charge is 2.38. The van der Waals surface area contributed by atoms with Gasteiger partial charge < -0.3 is 14.5 Å². The van der Waals surface area contributed by atoms with Crippen molar-refractivity contribution in [3.63, 3.8) is 0 Å². The van der Waals surface area contributed by atoms with Gasteiger partial charge in [0, 0.05) is 38.7 Å². The zero-order chi connectivity index (χ0) is 13.3. The maximum atomic E-state index is 13.6. The third-order valence-electron chi connectivity index (χ3n) is 3.53. The van der Waals surface area contributed by atoms with E-state index in [0.717, 1.165) is 13.0 Å². The maximum Gasteiger partial charge on any atom is 0.460 e. The zero-order valence-corrected chi connectivity index (χ0v) is 10.6. The Morgan fingerprint density at radius 1 is 1.67 bits per heavy atom. The summed E-state index contributed by atoms with van der Waals surface area (Å²) in [6.45, 7) is 4.54. The van der Waals surface area contributed by atoms with Gasteiger partial charge in [-0.15, -0.1) is 4.39 Å². The van der Waals surface area contributed by atoms with Gasteiger partial charge in [0.15, 0.2) is 0 Å². The van der Waals surface area contributed by atoms with Crippen LogP contribution in [0.1, 0.15) is 13.3 Å². The topological polar surface area (TPSA) is 58.8 Å². The van der Waals surface area contributed by atoms with Crippen molar-refractivity contribution in [3.8, 4) is 0 Å². The van der Waals surface area contributed by atoms with Gasteiger partial charge in [0.25, 0.3) is 0 Å².